The molecule has 0 heterocycles. The van der Waals surface area contributed by atoms with Gasteiger partial charge in [-0.05, 0) is 53.9 Å². The first-order valence-corrected chi connectivity index (χ1v) is 6.19. The molecule has 1 aromatic carbocycles. The minimum atomic E-state index is 0.0414. The van der Waals surface area contributed by atoms with Crippen molar-refractivity contribution in [2.45, 2.75) is 26.2 Å². The van der Waals surface area contributed by atoms with Crippen LogP contribution in [0, 0.1) is 6.92 Å². The maximum Gasteiger partial charge on any atom is 0.224 e. The van der Waals surface area contributed by atoms with Gasteiger partial charge in [-0.15, -0.1) is 0 Å². The van der Waals surface area contributed by atoms with Gasteiger partial charge in [0.15, 0.2) is 0 Å². The van der Waals surface area contributed by atoms with E-state index in [9.17, 15) is 4.79 Å². The molecule has 0 aliphatic heterocycles. The molecule has 3 N–H and O–H groups in total. The number of nitrogens with one attached hydrogen (secondary N) is 1. The number of hydrogen-bond donors (Lipinski definition) is 2. The molecule has 1 aromatic rings. The van der Waals surface area contributed by atoms with Gasteiger partial charge in [0.2, 0.25) is 5.91 Å². The number of nitrogens with two attached hydrogens (primary N) is 1. The van der Waals surface area contributed by atoms with E-state index in [2.05, 4.69) is 21.2 Å². The van der Waals surface area contributed by atoms with Crippen LogP contribution in [-0.4, -0.2) is 12.5 Å². The van der Waals surface area contributed by atoms with Crippen molar-refractivity contribution < 1.29 is 4.79 Å². The summed E-state index contributed by atoms with van der Waals surface area (Å²) in [5, 5.41) is 2.88. The standard InChI is InChI=1S/C12H17BrN2O/c1-9-5-4-6-10(12(9)13)15-11(16)7-2-3-8-14/h4-6H,2-3,7-8,14H2,1H3,(H,15,16). The predicted octanol–water partition coefficient (Wildman–Crippen LogP) is 2.83. The zero-order valence-corrected chi connectivity index (χ0v) is 11.0. The molecule has 0 fully saturated rings. The molecule has 0 saturated heterocycles. The fourth-order valence-electron chi connectivity index (χ4n) is 1.39. The Hall–Kier alpha value is -0.870. The molecule has 1 amide bonds. The molecule has 0 saturated carbocycles. The van der Waals surface area contributed by atoms with Crippen LogP contribution in [0.25, 0.3) is 0 Å². The molecule has 0 atom stereocenters. The first kappa shape index (κ1) is 13.2. The number of anilines is 1. The summed E-state index contributed by atoms with van der Waals surface area (Å²) in [4.78, 5) is 11.6. The van der Waals surface area contributed by atoms with E-state index in [-0.39, 0.29) is 5.91 Å². The summed E-state index contributed by atoms with van der Waals surface area (Å²) in [5.74, 6) is 0.0414. The van der Waals surface area contributed by atoms with Crippen molar-refractivity contribution in [3.63, 3.8) is 0 Å². The van der Waals surface area contributed by atoms with Gasteiger partial charge in [-0.2, -0.15) is 0 Å². The lowest BCUT2D eigenvalue weighted by Crippen LogP contribution is -2.12. The highest BCUT2D eigenvalue weighted by molar-refractivity contribution is 9.10. The molecule has 0 aliphatic rings. The largest absolute Gasteiger partial charge is 0.330 e. The molecule has 3 nitrogen and oxygen atoms in total. The lowest BCUT2D eigenvalue weighted by Gasteiger charge is -2.08. The van der Waals surface area contributed by atoms with Crippen LogP contribution in [0.5, 0.6) is 0 Å². The molecule has 0 spiro atoms. The Morgan fingerprint density at radius 3 is 2.88 bits per heavy atom. The van der Waals surface area contributed by atoms with E-state index in [1.807, 2.05) is 25.1 Å². The lowest BCUT2D eigenvalue weighted by molar-refractivity contribution is -0.116. The summed E-state index contributed by atoms with van der Waals surface area (Å²) >= 11 is 3.46. The summed E-state index contributed by atoms with van der Waals surface area (Å²) in [6, 6.07) is 5.81. The van der Waals surface area contributed by atoms with Crippen molar-refractivity contribution >= 4 is 27.5 Å². The van der Waals surface area contributed by atoms with Gasteiger partial charge in [-0.1, -0.05) is 12.1 Å². The third-order valence-corrected chi connectivity index (χ3v) is 3.38. The average molecular weight is 285 g/mol. The number of carbonyl (C=O) groups excluding carboxylic acids is 1. The zero-order valence-electron chi connectivity index (χ0n) is 9.42. The Balaban J connectivity index is 2.53. The minimum absolute atomic E-state index is 0.0414. The number of carbonyl (C=O) groups is 1. The smallest absolute Gasteiger partial charge is 0.224 e. The quantitative estimate of drug-likeness (QED) is 0.817. The van der Waals surface area contributed by atoms with Crippen LogP contribution in [0.4, 0.5) is 5.69 Å². The molecular formula is C12H17BrN2O. The van der Waals surface area contributed by atoms with Crippen LogP contribution in [0.15, 0.2) is 22.7 Å². The van der Waals surface area contributed by atoms with Gasteiger partial charge in [0.1, 0.15) is 0 Å². The Labute approximate surface area is 105 Å². The molecule has 4 heteroatoms. The van der Waals surface area contributed by atoms with Crippen LogP contribution in [0.2, 0.25) is 0 Å². The summed E-state index contributed by atoms with van der Waals surface area (Å²) < 4.78 is 0.946. The number of rotatable bonds is 5. The Kier molecular flexibility index (Phi) is 5.49. The van der Waals surface area contributed by atoms with Crippen molar-refractivity contribution in [1.82, 2.24) is 0 Å². The monoisotopic (exact) mass is 284 g/mol. The van der Waals surface area contributed by atoms with Crippen molar-refractivity contribution in [2.24, 2.45) is 5.73 Å². The van der Waals surface area contributed by atoms with Crippen LogP contribution in [0.1, 0.15) is 24.8 Å². The first-order valence-electron chi connectivity index (χ1n) is 5.40. The number of benzene rings is 1. The second-order valence-corrected chi connectivity index (χ2v) is 4.52. The average Bonchev–Trinajstić information content (AvgIpc) is 2.25. The third-order valence-electron chi connectivity index (χ3n) is 2.32. The number of unbranched alkanes of at least 4 members (excludes halogenated alkanes) is 1. The molecule has 88 valence electrons. The highest BCUT2D eigenvalue weighted by atomic mass is 79.9. The highest BCUT2D eigenvalue weighted by Gasteiger charge is 2.06. The number of aryl methyl sites for hydroxylation is 1. The fourth-order valence-corrected chi connectivity index (χ4v) is 1.75. The molecule has 0 radical (unpaired) electrons. The van der Waals surface area contributed by atoms with Gasteiger partial charge in [-0.3, -0.25) is 4.79 Å². The number of hydrogen-bond acceptors (Lipinski definition) is 2. The Morgan fingerprint density at radius 1 is 1.44 bits per heavy atom. The van der Waals surface area contributed by atoms with E-state index in [0.717, 1.165) is 28.6 Å². The van der Waals surface area contributed by atoms with E-state index in [0.29, 0.717) is 13.0 Å². The van der Waals surface area contributed by atoms with Gasteiger partial charge in [0, 0.05) is 10.9 Å². The molecule has 16 heavy (non-hydrogen) atoms. The van der Waals surface area contributed by atoms with Crippen LogP contribution in [0.3, 0.4) is 0 Å². The second-order valence-electron chi connectivity index (χ2n) is 3.73. The Bertz CT molecular complexity index is 366. The van der Waals surface area contributed by atoms with Gasteiger partial charge >= 0.3 is 0 Å². The van der Waals surface area contributed by atoms with Crippen molar-refractivity contribution in [2.75, 3.05) is 11.9 Å². The van der Waals surface area contributed by atoms with Gasteiger partial charge in [-0.25, -0.2) is 0 Å². The van der Waals surface area contributed by atoms with E-state index in [1.54, 1.807) is 0 Å². The highest BCUT2D eigenvalue weighted by Crippen LogP contribution is 2.25. The van der Waals surface area contributed by atoms with Crippen LogP contribution >= 0.6 is 15.9 Å². The van der Waals surface area contributed by atoms with Crippen molar-refractivity contribution in [1.29, 1.82) is 0 Å². The van der Waals surface area contributed by atoms with Gasteiger partial charge in [0.25, 0.3) is 0 Å². The van der Waals surface area contributed by atoms with Crippen LogP contribution < -0.4 is 11.1 Å². The third kappa shape index (κ3) is 3.94. The lowest BCUT2D eigenvalue weighted by atomic mass is 10.2. The maximum atomic E-state index is 11.6. The second kappa shape index (κ2) is 6.66. The SMILES string of the molecule is Cc1cccc(NC(=O)CCCCN)c1Br. The van der Waals surface area contributed by atoms with Crippen molar-refractivity contribution in [3.05, 3.63) is 28.2 Å². The number of amides is 1. The molecule has 0 unspecified atom stereocenters. The summed E-state index contributed by atoms with van der Waals surface area (Å²) in [5.41, 5.74) is 7.31. The molecule has 0 bridgehead atoms. The predicted molar refractivity (Wildman–Crippen MR) is 70.4 cm³/mol. The minimum Gasteiger partial charge on any atom is -0.330 e. The van der Waals surface area contributed by atoms with E-state index in [1.165, 1.54) is 0 Å². The molecule has 1 rings (SSSR count). The van der Waals surface area contributed by atoms with E-state index in [4.69, 9.17) is 5.73 Å². The van der Waals surface area contributed by atoms with Gasteiger partial charge < -0.3 is 11.1 Å². The first-order chi connectivity index (χ1) is 7.65. The summed E-state index contributed by atoms with van der Waals surface area (Å²) in [6.45, 7) is 2.63. The van der Waals surface area contributed by atoms with Crippen LogP contribution in [-0.2, 0) is 4.79 Å². The van der Waals surface area contributed by atoms with Gasteiger partial charge in [0.05, 0.1) is 5.69 Å². The maximum absolute atomic E-state index is 11.6. The number of halogens is 1. The summed E-state index contributed by atoms with van der Waals surface area (Å²) in [6.07, 6.45) is 2.26. The zero-order chi connectivity index (χ0) is 12.0. The normalized spacial score (nSPS) is 10.2. The molecule has 0 aromatic heterocycles. The van der Waals surface area contributed by atoms with E-state index >= 15 is 0 Å². The summed E-state index contributed by atoms with van der Waals surface area (Å²) in [7, 11) is 0. The molecule has 0 aliphatic carbocycles. The van der Waals surface area contributed by atoms with Crippen molar-refractivity contribution in [3.8, 4) is 0 Å². The fraction of sp³-hybridized carbons (Fsp3) is 0.417. The molecular weight excluding hydrogens is 268 g/mol. The topological polar surface area (TPSA) is 55.1 Å². The van der Waals surface area contributed by atoms with E-state index < -0.39 is 0 Å². The Morgan fingerprint density at radius 2 is 2.19 bits per heavy atom.